The standard InChI is InChI=1S/C30H31FN2O8.ClH/c1-38-20-13-19(14-21(15-20)39-2)29(36)33-22-16-32-12-4-5-24(22)41-30(37)18-8-6-17(7-9-18)28(35)26-23(34)10-11-25(40-3)27(26)31;/h6-11,13-15,22,24,32,34H,4-5,12,16H2,1-3H3,(H,33,36);1H/t22-,24-;/m1./s1. The van der Waals surface area contributed by atoms with E-state index in [1.165, 1.54) is 57.7 Å². The van der Waals surface area contributed by atoms with Gasteiger partial charge in [-0.2, -0.15) is 0 Å². The van der Waals surface area contributed by atoms with Crippen LogP contribution in [0.15, 0.2) is 54.6 Å². The average Bonchev–Trinajstić information content (AvgIpc) is 3.21. The van der Waals surface area contributed by atoms with E-state index >= 15 is 0 Å². The highest BCUT2D eigenvalue weighted by Gasteiger charge is 2.30. The van der Waals surface area contributed by atoms with Gasteiger partial charge in [-0.25, -0.2) is 9.18 Å². The molecular formula is C30H32ClFN2O8. The van der Waals surface area contributed by atoms with Crippen molar-refractivity contribution in [3.63, 3.8) is 0 Å². The molecule has 10 nitrogen and oxygen atoms in total. The van der Waals surface area contributed by atoms with Crippen LogP contribution in [0.3, 0.4) is 0 Å². The molecule has 3 N–H and O–H groups in total. The minimum atomic E-state index is -0.983. The Labute approximate surface area is 248 Å². The van der Waals surface area contributed by atoms with Crippen LogP contribution in [-0.2, 0) is 4.74 Å². The summed E-state index contributed by atoms with van der Waals surface area (Å²) in [5, 5.41) is 16.3. The average molecular weight is 603 g/mol. The lowest BCUT2D eigenvalue weighted by Crippen LogP contribution is -2.49. The molecule has 1 heterocycles. The van der Waals surface area contributed by atoms with Gasteiger partial charge in [0.25, 0.3) is 5.91 Å². The molecule has 224 valence electrons. The second kappa shape index (κ2) is 14.5. The fraction of sp³-hybridized carbons (Fsp3) is 0.300. The number of aromatic hydroxyl groups is 1. The highest BCUT2D eigenvalue weighted by atomic mass is 35.5. The monoisotopic (exact) mass is 602 g/mol. The van der Waals surface area contributed by atoms with Crippen LogP contribution < -0.4 is 24.8 Å². The number of hydrogen-bond donors (Lipinski definition) is 3. The number of phenolic OH excluding ortho intramolecular Hbond substituents is 1. The van der Waals surface area contributed by atoms with Gasteiger partial charge in [0, 0.05) is 23.7 Å². The van der Waals surface area contributed by atoms with Gasteiger partial charge in [0.2, 0.25) is 0 Å². The van der Waals surface area contributed by atoms with Gasteiger partial charge in [-0.3, -0.25) is 9.59 Å². The SMILES string of the molecule is COc1cc(OC)cc(C(=O)N[C@@H]2CNCCC[C@H]2OC(=O)c2ccc(C(=O)c3c(O)ccc(OC)c3F)cc2)c1.Cl. The molecule has 1 aliphatic heterocycles. The summed E-state index contributed by atoms with van der Waals surface area (Å²) in [6.07, 6.45) is 0.606. The number of esters is 1. The fourth-order valence-electron chi connectivity index (χ4n) is 4.52. The summed E-state index contributed by atoms with van der Waals surface area (Å²) in [6.45, 7) is 1.08. The third-order valence-electron chi connectivity index (χ3n) is 6.76. The van der Waals surface area contributed by atoms with Crippen LogP contribution in [0.4, 0.5) is 4.39 Å². The number of hydrogen-bond acceptors (Lipinski definition) is 9. The highest BCUT2D eigenvalue weighted by Crippen LogP contribution is 2.30. The Kier molecular flexibility index (Phi) is 11.1. The van der Waals surface area contributed by atoms with Gasteiger partial charge < -0.3 is 34.7 Å². The molecule has 12 heteroatoms. The first-order valence-electron chi connectivity index (χ1n) is 12.9. The zero-order chi connectivity index (χ0) is 29.5. The number of carbonyl (C=O) groups is 3. The Hall–Kier alpha value is -4.35. The first-order chi connectivity index (χ1) is 19.7. The third-order valence-corrected chi connectivity index (χ3v) is 6.76. The molecule has 0 spiro atoms. The normalized spacial score (nSPS) is 16.3. The number of phenols is 1. The lowest BCUT2D eigenvalue weighted by molar-refractivity contribution is 0.0192. The van der Waals surface area contributed by atoms with E-state index in [9.17, 15) is 23.9 Å². The van der Waals surface area contributed by atoms with E-state index in [0.29, 0.717) is 36.6 Å². The molecule has 2 atom stereocenters. The minimum absolute atomic E-state index is 0. The molecule has 3 aromatic carbocycles. The Morgan fingerprint density at radius 3 is 2.17 bits per heavy atom. The molecule has 1 aliphatic rings. The van der Waals surface area contributed by atoms with Gasteiger partial charge in [-0.05, 0) is 55.8 Å². The van der Waals surface area contributed by atoms with Crippen molar-refractivity contribution in [2.45, 2.75) is 25.0 Å². The second-order valence-corrected chi connectivity index (χ2v) is 9.35. The fourth-order valence-corrected chi connectivity index (χ4v) is 4.52. The largest absolute Gasteiger partial charge is 0.507 e. The zero-order valence-electron chi connectivity index (χ0n) is 23.3. The Morgan fingerprint density at radius 1 is 0.905 bits per heavy atom. The Morgan fingerprint density at radius 2 is 1.55 bits per heavy atom. The summed E-state index contributed by atoms with van der Waals surface area (Å²) in [5.74, 6) is -2.57. The maximum atomic E-state index is 14.7. The minimum Gasteiger partial charge on any atom is -0.507 e. The Bertz CT molecular complexity index is 1410. The van der Waals surface area contributed by atoms with E-state index in [2.05, 4.69) is 10.6 Å². The molecule has 0 unspecified atom stereocenters. The zero-order valence-corrected chi connectivity index (χ0v) is 24.1. The van der Waals surface area contributed by atoms with Crippen LogP contribution in [-0.4, -0.2) is 69.3 Å². The highest BCUT2D eigenvalue weighted by molar-refractivity contribution is 6.11. The molecule has 0 aliphatic carbocycles. The lowest BCUT2D eigenvalue weighted by atomic mass is 10.00. The predicted molar refractivity (Wildman–Crippen MR) is 154 cm³/mol. The van der Waals surface area contributed by atoms with Gasteiger partial charge in [-0.1, -0.05) is 12.1 Å². The van der Waals surface area contributed by atoms with Gasteiger partial charge in [0.15, 0.2) is 17.3 Å². The van der Waals surface area contributed by atoms with Crippen molar-refractivity contribution < 1.29 is 42.8 Å². The topological polar surface area (TPSA) is 132 Å². The molecule has 0 aromatic heterocycles. The molecule has 0 radical (unpaired) electrons. The molecule has 0 saturated carbocycles. The molecule has 42 heavy (non-hydrogen) atoms. The van der Waals surface area contributed by atoms with Gasteiger partial charge >= 0.3 is 5.97 Å². The quantitative estimate of drug-likeness (QED) is 0.246. The van der Waals surface area contributed by atoms with Crippen LogP contribution >= 0.6 is 12.4 Å². The Balaban J connectivity index is 0.00000484. The van der Waals surface area contributed by atoms with Crippen molar-refractivity contribution in [1.82, 2.24) is 10.6 Å². The summed E-state index contributed by atoms with van der Waals surface area (Å²) in [7, 11) is 4.23. The summed E-state index contributed by atoms with van der Waals surface area (Å²) >= 11 is 0. The molecule has 1 fully saturated rings. The lowest BCUT2D eigenvalue weighted by Gasteiger charge is -2.26. The number of amides is 1. The van der Waals surface area contributed by atoms with Crippen LogP contribution in [0.5, 0.6) is 23.0 Å². The molecule has 1 amide bonds. The van der Waals surface area contributed by atoms with Crippen molar-refractivity contribution in [2.24, 2.45) is 0 Å². The van der Waals surface area contributed by atoms with E-state index in [1.54, 1.807) is 18.2 Å². The molecule has 4 rings (SSSR count). The van der Waals surface area contributed by atoms with Crippen LogP contribution in [0.25, 0.3) is 0 Å². The van der Waals surface area contributed by atoms with Crippen LogP contribution in [0.1, 0.15) is 49.5 Å². The smallest absolute Gasteiger partial charge is 0.338 e. The predicted octanol–water partition coefficient (Wildman–Crippen LogP) is 3.92. The van der Waals surface area contributed by atoms with Crippen molar-refractivity contribution in [3.8, 4) is 23.0 Å². The molecule has 0 bridgehead atoms. The number of rotatable bonds is 9. The summed E-state index contributed by atoms with van der Waals surface area (Å²) in [6, 6.07) is 12.2. The number of benzene rings is 3. The van der Waals surface area contributed by atoms with Crippen LogP contribution in [0.2, 0.25) is 0 Å². The summed E-state index contributed by atoms with van der Waals surface area (Å²) < 4.78 is 35.9. The van der Waals surface area contributed by atoms with Crippen molar-refractivity contribution >= 4 is 30.1 Å². The summed E-state index contributed by atoms with van der Waals surface area (Å²) in [5.41, 5.74) is 0.0189. The van der Waals surface area contributed by atoms with Crippen molar-refractivity contribution in [1.29, 1.82) is 0 Å². The van der Waals surface area contributed by atoms with Gasteiger partial charge in [0.1, 0.15) is 28.9 Å². The third kappa shape index (κ3) is 7.29. The van der Waals surface area contributed by atoms with Gasteiger partial charge in [-0.15, -0.1) is 12.4 Å². The molecule has 3 aromatic rings. The first kappa shape index (κ1) is 32.2. The van der Waals surface area contributed by atoms with Crippen molar-refractivity contribution in [2.75, 3.05) is 34.4 Å². The summed E-state index contributed by atoms with van der Waals surface area (Å²) in [4.78, 5) is 39.0. The number of ether oxygens (including phenoxy) is 4. The number of methoxy groups -OCH3 is 3. The van der Waals surface area contributed by atoms with Crippen molar-refractivity contribution in [3.05, 3.63) is 82.7 Å². The first-order valence-corrected chi connectivity index (χ1v) is 12.9. The number of halogens is 2. The number of carbonyl (C=O) groups excluding carboxylic acids is 3. The maximum Gasteiger partial charge on any atom is 0.338 e. The number of ketones is 1. The second-order valence-electron chi connectivity index (χ2n) is 9.35. The number of nitrogens with one attached hydrogen (secondary N) is 2. The maximum absolute atomic E-state index is 14.7. The van der Waals surface area contributed by atoms with E-state index in [1.807, 2.05) is 0 Å². The van der Waals surface area contributed by atoms with Gasteiger partial charge in [0.05, 0.1) is 32.9 Å². The van der Waals surface area contributed by atoms with E-state index < -0.39 is 41.0 Å². The van der Waals surface area contributed by atoms with Crippen LogP contribution in [0, 0.1) is 5.82 Å². The van der Waals surface area contributed by atoms with E-state index in [0.717, 1.165) is 6.42 Å². The van der Waals surface area contributed by atoms with E-state index in [4.69, 9.17) is 18.9 Å². The van der Waals surface area contributed by atoms with E-state index in [-0.39, 0.29) is 35.2 Å². The molecule has 1 saturated heterocycles. The molecular weight excluding hydrogens is 571 g/mol.